The maximum absolute atomic E-state index is 11.9. The topological polar surface area (TPSA) is 58.6 Å². The van der Waals surface area contributed by atoms with Gasteiger partial charge in [0, 0.05) is 26.1 Å². The first-order chi connectivity index (χ1) is 11.6. The molecule has 0 radical (unpaired) electrons. The minimum Gasteiger partial charge on any atom is -0.345 e. The molecular formula is C19H28N2O3. The molecule has 5 nitrogen and oxygen atoms in total. The van der Waals surface area contributed by atoms with Gasteiger partial charge in [0.25, 0.3) is 5.91 Å². The van der Waals surface area contributed by atoms with Crippen LogP contribution in [0.3, 0.4) is 0 Å². The fourth-order valence-electron chi connectivity index (χ4n) is 3.11. The van der Waals surface area contributed by atoms with Crippen molar-refractivity contribution in [3.8, 4) is 0 Å². The van der Waals surface area contributed by atoms with Crippen LogP contribution < -0.4 is 5.48 Å². The fraction of sp³-hybridized carbons (Fsp3) is 0.579. The van der Waals surface area contributed by atoms with E-state index < -0.39 is 0 Å². The summed E-state index contributed by atoms with van der Waals surface area (Å²) in [5.74, 6) is 0.577. The highest BCUT2D eigenvalue weighted by Crippen LogP contribution is 2.27. The number of hydrogen-bond acceptors (Lipinski definition) is 3. The molecule has 1 aromatic rings. The molecule has 0 aromatic heterocycles. The van der Waals surface area contributed by atoms with Crippen LogP contribution in [-0.2, 0) is 16.2 Å². The molecule has 0 bridgehead atoms. The first kappa shape index (κ1) is 18.5. The molecule has 0 atom stereocenters. The molecule has 1 aliphatic carbocycles. The summed E-state index contributed by atoms with van der Waals surface area (Å²) in [5, 5.41) is 0. The molecule has 1 aliphatic rings. The Morgan fingerprint density at radius 2 is 1.96 bits per heavy atom. The molecule has 0 saturated heterocycles. The highest BCUT2D eigenvalue weighted by molar-refractivity contribution is 5.94. The van der Waals surface area contributed by atoms with Gasteiger partial charge in [-0.25, -0.2) is 5.48 Å². The summed E-state index contributed by atoms with van der Waals surface area (Å²) >= 11 is 0. The molecule has 132 valence electrons. The van der Waals surface area contributed by atoms with E-state index in [1.54, 1.807) is 26.2 Å². The van der Waals surface area contributed by atoms with E-state index in [-0.39, 0.29) is 18.4 Å². The molecule has 0 heterocycles. The van der Waals surface area contributed by atoms with Gasteiger partial charge >= 0.3 is 0 Å². The van der Waals surface area contributed by atoms with Gasteiger partial charge in [-0.3, -0.25) is 14.4 Å². The van der Waals surface area contributed by atoms with E-state index in [9.17, 15) is 9.59 Å². The average Bonchev–Trinajstić information content (AvgIpc) is 2.60. The third kappa shape index (κ3) is 5.96. The Labute approximate surface area is 144 Å². The number of nitrogens with zero attached hydrogens (tertiary/aromatic N) is 1. The summed E-state index contributed by atoms with van der Waals surface area (Å²) in [5.41, 5.74) is 3.98. The zero-order valence-electron chi connectivity index (χ0n) is 14.7. The average molecular weight is 332 g/mol. The second kappa shape index (κ2) is 9.42. The van der Waals surface area contributed by atoms with Crippen LogP contribution in [0.4, 0.5) is 0 Å². The molecule has 5 heteroatoms. The van der Waals surface area contributed by atoms with Crippen molar-refractivity contribution in [2.45, 2.75) is 51.6 Å². The Balaban J connectivity index is 1.70. The van der Waals surface area contributed by atoms with Crippen LogP contribution in [0.5, 0.6) is 0 Å². The Morgan fingerprint density at radius 3 is 2.67 bits per heavy atom. The smallest absolute Gasteiger partial charge is 0.253 e. The van der Waals surface area contributed by atoms with Gasteiger partial charge in [-0.2, -0.15) is 0 Å². The number of hydrogen-bond donors (Lipinski definition) is 1. The molecule has 1 fully saturated rings. The van der Waals surface area contributed by atoms with Crippen LogP contribution in [-0.4, -0.2) is 30.8 Å². The van der Waals surface area contributed by atoms with Crippen molar-refractivity contribution in [1.82, 2.24) is 10.4 Å². The summed E-state index contributed by atoms with van der Waals surface area (Å²) in [6.45, 7) is 0.254. The molecule has 1 N–H and O–H groups in total. The van der Waals surface area contributed by atoms with E-state index in [4.69, 9.17) is 4.84 Å². The van der Waals surface area contributed by atoms with Gasteiger partial charge in [-0.05, 0) is 30.0 Å². The summed E-state index contributed by atoms with van der Waals surface area (Å²) in [7, 11) is 3.44. The molecule has 2 amide bonds. The zero-order valence-corrected chi connectivity index (χ0v) is 14.7. The lowest BCUT2D eigenvalue weighted by atomic mass is 9.86. The summed E-state index contributed by atoms with van der Waals surface area (Å²) in [6, 6.07) is 7.26. The standard InChI is InChI=1S/C19H28N2O3/c1-21(2)19(23)17-10-6-9-16(13-17)14-24-20-18(22)12-11-15-7-4-3-5-8-15/h6,9-10,13,15H,3-5,7-8,11-12,14H2,1-2H3,(H,20,22). The van der Waals surface area contributed by atoms with Crippen LogP contribution in [0.2, 0.25) is 0 Å². The maximum atomic E-state index is 11.9. The van der Waals surface area contributed by atoms with Gasteiger partial charge in [0.05, 0.1) is 6.61 Å². The van der Waals surface area contributed by atoms with E-state index >= 15 is 0 Å². The van der Waals surface area contributed by atoms with Crippen LogP contribution in [0.15, 0.2) is 24.3 Å². The number of amides is 2. The van der Waals surface area contributed by atoms with Crippen molar-refractivity contribution in [2.75, 3.05) is 14.1 Å². The minimum atomic E-state index is -0.0684. The van der Waals surface area contributed by atoms with Crippen molar-refractivity contribution < 1.29 is 14.4 Å². The molecule has 24 heavy (non-hydrogen) atoms. The van der Waals surface area contributed by atoms with Crippen LogP contribution in [0.25, 0.3) is 0 Å². The van der Waals surface area contributed by atoms with Gasteiger partial charge in [-0.1, -0.05) is 44.2 Å². The Kier molecular flexibility index (Phi) is 7.25. The number of hydroxylamine groups is 1. The van der Waals surface area contributed by atoms with Gasteiger partial charge in [0.2, 0.25) is 5.91 Å². The van der Waals surface area contributed by atoms with Crippen molar-refractivity contribution in [2.24, 2.45) is 5.92 Å². The fourth-order valence-corrected chi connectivity index (χ4v) is 3.11. The number of rotatable bonds is 7. The van der Waals surface area contributed by atoms with E-state index in [2.05, 4.69) is 5.48 Å². The predicted molar refractivity (Wildman–Crippen MR) is 93.2 cm³/mol. The van der Waals surface area contributed by atoms with Gasteiger partial charge in [-0.15, -0.1) is 0 Å². The lowest BCUT2D eigenvalue weighted by Crippen LogP contribution is -2.24. The van der Waals surface area contributed by atoms with Gasteiger partial charge in [0.1, 0.15) is 0 Å². The predicted octanol–water partition coefficient (Wildman–Crippen LogP) is 3.30. The third-order valence-electron chi connectivity index (χ3n) is 4.51. The second-order valence-corrected chi connectivity index (χ2v) is 6.76. The number of carbonyl (C=O) groups is 2. The maximum Gasteiger partial charge on any atom is 0.253 e. The van der Waals surface area contributed by atoms with E-state index in [1.807, 2.05) is 12.1 Å². The van der Waals surface area contributed by atoms with Crippen LogP contribution >= 0.6 is 0 Å². The number of benzene rings is 1. The second-order valence-electron chi connectivity index (χ2n) is 6.76. The SMILES string of the molecule is CN(C)C(=O)c1cccc(CONC(=O)CCC2CCCCC2)c1. The lowest BCUT2D eigenvalue weighted by molar-refractivity contribution is -0.134. The minimum absolute atomic E-state index is 0.0478. The van der Waals surface area contributed by atoms with Crippen LogP contribution in [0, 0.1) is 5.92 Å². The van der Waals surface area contributed by atoms with Crippen molar-refractivity contribution in [1.29, 1.82) is 0 Å². The quantitative estimate of drug-likeness (QED) is 0.780. The monoisotopic (exact) mass is 332 g/mol. The Hall–Kier alpha value is -1.88. The highest BCUT2D eigenvalue weighted by Gasteiger charge is 2.15. The number of carbonyl (C=O) groups excluding carboxylic acids is 2. The van der Waals surface area contributed by atoms with Gasteiger partial charge < -0.3 is 4.90 Å². The Bertz CT molecular complexity index is 551. The summed E-state index contributed by atoms with van der Waals surface area (Å²) < 4.78 is 0. The molecule has 2 rings (SSSR count). The lowest BCUT2D eigenvalue weighted by Gasteiger charge is -2.20. The van der Waals surface area contributed by atoms with E-state index in [0.717, 1.165) is 12.0 Å². The third-order valence-corrected chi connectivity index (χ3v) is 4.51. The van der Waals surface area contributed by atoms with Gasteiger partial charge in [0.15, 0.2) is 0 Å². The van der Waals surface area contributed by atoms with Crippen LogP contribution in [0.1, 0.15) is 60.9 Å². The Morgan fingerprint density at radius 1 is 1.21 bits per heavy atom. The molecule has 0 spiro atoms. The molecule has 1 saturated carbocycles. The summed E-state index contributed by atoms with van der Waals surface area (Å²) in [6.07, 6.45) is 7.89. The zero-order chi connectivity index (χ0) is 17.4. The largest absolute Gasteiger partial charge is 0.345 e. The first-order valence-electron chi connectivity index (χ1n) is 8.77. The first-order valence-corrected chi connectivity index (χ1v) is 8.77. The summed E-state index contributed by atoms with van der Waals surface area (Å²) in [4.78, 5) is 30.6. The van der Waals surface area contributed by atoms with Crippen molar-refractivity contribution in [3.05, 3.63) is 35.4 Å². The number of nitrogens with one attached hydrogen (secondary N) is 1. The van der Waals surface area contributed by atoms with E-state index in [1.165, 1.54) is 37.0 Å². The van der Waals surface area contributed by atoms with E-state index in [0.29, 0.717) is 17.9 Å². The molecule has 1 aromatic carbocycles. The van der Waals surface area contributed by atoms with Crippen molar-refractivity contribution >= 4 is 11.8 Å². The van der Waals surface area contributed by atoms with Crippen molar-refractivity contribution in [3.63, 3.8) is 0 Å². The normalized spacial score (nSPS) is 15.1. The molecular weight excluding hydrogens is 304 g/mol. The molecule has 0 aliphatic heterocycles. The molecule has 0 unspecified atom stereocenters. The highest BCUT2D eigenvalue weighted by atomic mass is 16.6.